The highest BCUT2D eigenvalue weighted by Gasteiger charge is 2.15. The SMILES string of the molecule is CCNCCCS(=O)(=O)Nc1cc(F)c(Br)cc1F. The fraction of sp³-hybridized carbons (Fsp3) is 0.455. The van der Waals surface area contributed by atoms with Crippen LogP contribution in [-0.2, 0) is 10.0 Å². The molecular formula is C11H15BrF2N2O2S. The normalized spacial score (nSPS) is 11.6. The van der Waals surface area contributed by atoms with Gasteiger partial charge in [-0.25, -0.2) is 17.2 Å². The van der Waals surface area contributed by atoms with E-state index in [0.29, 0.717) is 13.0 Å². The van der Waals surface area contributed by atoms with Crippen molar-refractivity contribution >= 4 is 31.6 Å². The topological polar surface area (TPSA) is 58.2 Å². The molecule has 0 spiro atoms. The van der Waals surface area contributed by atoms with Crippen molar-refractivity contribution in [2.45, 2.75) is 13.3 Å². The van der Waals surface area contributed by atoms with Gasteiger partial charge in [-0.1, -0.05) is 6.92 Å². The third-order valence-corrected chi connectivity index (χ3v) is 4.26. The van der Waals surface area contributed by atoms with Gasteiger partial charge in [-0.05, 0) is 41.5 Å². The van der Waals surface area contributed by atoms with E-state index in [-0.39, 0.29) is 15.9 Å². The van der Waals surface area contributed by atoms with E-state index in [1.807, 2.05) is 11.6 Å². The summed E-state index contributed by atoms with van der Waals surface area (Å²) in [5.74, 6) is -1.72. The molecule has 0 aliphatic heterocycles. The van der Waals surface area contributed by atoms with Crippen molar-refractivity contribution in [1.29, 1.82) is 0 Å². The Kier molecular flexibility index (Phi) is 6.15. The lowest BCUT2D eigenvalue weighted by Gasteiger charge is -2.09. The van der Waals surface area contributed by atoms with Gasteiger partial charge in [0.05, 0.1) is 15.9 Å². The van der Waals surface area contributed by atoms with Crippen molar-refractivity contribution in [2.24, 2.45) is 0 Å². The van der Waals surface area contributed by atoms with E-state index in [4.69, 9.17) is 0 Å². The summed E-state index contributed by atoms with van der Waals surface area (Å²) in [6, 6.07) is 1.69. The Morgan fingerprint density at radius 1 is 1.26 bits per heavy atom. The zero-order chi connectivity index (χ0) is 14.5. The van der Waals surface area contributed by atoms with Crippen LogP contribution in [0.5, 0.6) is 0 Å². The van der Waals surface area contributed by atoms with E-state index in [0.717, 1.165) is 18.7 Å². The van der Waals surface area contributed by atoms with Crippen LogP contribution in [0, 0.1) is 11.6 Å². The van der Waals surface area contributed by atoms with Crippen molar-refractivity contribution in [3.8, 4) is 0 Å². The highest BCUT2D eigenvalue weighted by Crippen LogP contribution is 2.24. The molecule has 1 aromatic carbocycles. The van der Waals surface area contributed by atoms with E-state index < -0.39 is 21.7 Å². The van der Waals surface area contributed by atoms with Crippen LogP contribution in [0.2, 0.25) is 0 Å². The van der Waals surface area contributed by atoms with Crippen molar-refractivity contribution in [1.82, 2.24) is 5.32 Å². The average molecular weight is 357 g/mol. The van der Waals surface area contributed by atoms with Crippen molar-refractivity contribution in [3.63, 3.8) is 0 Å². The molecule has 8 heteroatoms. The van der Waals surface area contributed by atoms with Crippen molar-refractivity contribution in [2.75, 3.05) is 23.6 Å². The predicted molar refractivity (Wildman–Crippen MR) is 74.6 cm³/mol. The van der Waals surface area contributed by atoms with E-state index in [1.54, 1.807) is 0 Å². The third-order valence-electron chi connectivity index (χ3n) is 2.29. The lowest BCUT2D eigenvalue weighted by atomic mass is 10.3. The van der Waals surface area contributed by atoms with E-state index in [2.05, 4.69) is 21.2 Å². The van der Waals surface area contributed by atoms with E-state index >= 15 is 0 Å². The number of sulfonamides is 1. The van der Waals surface area contributed by atoms with Gasteiger partial charge in [0.25, 0.3) is 0 Å². The van der Waals surface area contributed by atoms with Crippen molar-refractivity contribution < 1.29 is 17.2 Å². The minimum Gasteiger partial charge on any atom is -0.317 e. The van der Waals surface area contributed by atoms with Crippen LogP contribution in [0.4, 0.5) is 14.5 Å². The smallest absolute Gasteiger partial charge is 0.232 e. The van der Waals surface area contributed by atoms with Crippen LogP contribution in [0.1, 0.15) is 13.3 Å². The molecule has 0 heterocycles. The Labute approximate surface area is 119 Å². The molecule has 1 aromatic rings. The van der Waals surface area contributed by atoms with Crippen LogP contribution in [0.15, 0.2) is 16.6 Å². The van der Waals surface area contributed by atoms with Gasteiger partial charge >= 0.3 is 0 Å². The van der Waals surface area contributed by atoms with Gasteiger partial charge in [0, 0.05) is 6.07 Å². The second-order valence-corrected chi connectivity index (χ2v) is 6.57. The van der Waals surface area contributed by atoms with Crippen molar-refractivity contribution in [3.05, 3.63) is 28.2 Å². The molecule has 0 saturated heterocycles. The quantitative estimate of drug-likeness (QED) is 0.582. The minimum absolute atomic E-state index is 0.0555. The highest BCUT2D eigenvalue weighted by molar-refractivity contribution is 9.10. The molecule has 0 radical (unpaired) electrons. The molecule has 0 atom stereocenters. The minimum atomic E-state index is -3.68. The molecule has 0 aliphatic carbocycles. The fourth-order valence-corrected chi connectivity index (χ4v) is 2.82. The summed E-state index contributed by atoms with van der Waals surface area (Å²) >= 11 is 2.82. The Morgan fingerprint density at radius 2 is 1.95 bits per heavy atom. The molecule has 4 nitrogen and oxygen atoms in total. The molecule has 2 N–H and O–H groups in total. The molecule has 0 amide bonds. The first-order valence-electron chi connectivity index (χ1n) is 5.71. The second-order valence-electron chi connectivity index (χ2n) is 3.87. The number of halogens is 3. The largest absolute Gasteiger partial charge is 0.317 e. The number of hydrogen-bond donors (Lipinski definition) is 2. The summed E-state index contributed by atoms with van der Waals surface area (Å²) in [5, 5.41) is 2.98. The summed E-state index contributed by atoms with van der Waals surface area (Å²) < 4.78 is 52.0. The van der Waals surface area contributed by atoms with E-state index in [9.17, 15) is 17.2 Å². The van der Waals surface area contributed by atoms with Crippen LogP contribution in [-0.4, -0.2) is 27.3 Å². The van der Waals surface area contributed by atoms with Gasteiger partial charge in [0.15, 0.2) is 0 Å². The Balaban J connectivity index is 2.70. The Bertz CT molecular complexity index is 538. The van der Waals surface area contributed by atoms with Gasteiger partial charge in [-0.3, -0.25) is 4.72 Å². The molecular weight excluding hydrogens is 342 g/mol. The lowest BCUT2D eigenvalue weighted by molar-refractivity contribution is 0.588. The van der Waals surface area contributed by atoms with Gasteiger partial charge in [0.2, 0.25) is 10.0 Å². The standard InChI is InChI=1S/C11H15BrF2N2O2S/c1-2-15-4-3-5-19(17,18)16-11-7-9(13)8(12)6-10(11)14/h6-7,15-16H,2-5H2,1H3. The molecule has 19 heavy (non-hydrogen) atoms. The maximum Gasteiger partial charge on any atom is 0.232 e. The van der Waals surface area contributed by atoms with Gasteiger partial charge in [-0.2, -0.15) is 0 Å². The maximum atomic E-state index is 13.5. The van der Waals surface area contributed by atoms with Gasteiger partial charge in [-0.15, -0.1) is 0 Å². The molecule has 0 unspecified atom stereocenters. The highest BCUT2D eigenvalue weighted by atomic mass is 79.9. The first-order chi connectivity index (χ1) is 8.85. The van der Waals surface area contributed by atoms with Crippen LogP contribution in [0.25, 0.3) is 0 Å². The number of benzene rings is 1. The molecule has 108 valence electrons. The zero-order valence-electron chi connectivity index (χ0n) is 10.3. The molecule has 0 aliphatic rings. The molecule has 1 rings (SSSR count). The Hall–Kier alpha value is -0.730. The average Bonchev–Trinajstić information content (AvgIpc) is 2.31. The van der Waals surface area contributed by atoms with Crippen LogP contribution in [0.3, 0.4) is 0 Å². The monoisotopic (exact) mass is 356 g/mol. The lowest BCUT2D eigenvalue weighted by Crippen LogP contribution is -2.22. The van der Waals surface area contributed by atoms with E-state index in [1.165, 1.54) is 0 Å². The number of hydrogen-bond acceptors (Lipinski definition) is 3. The predicted octanol–water partition coefficient (Wildman–Crippen LogP) is 2.47. The summed E-state index contributed by atoms with van der Waals surface area (Å²) in [5.41, 5.74) is -0.385. The molecule has 0 bridgehead atoms. The summed E-state index contributed by atoms with van der Waals surface area (Å²) in [6.45, 7) is 3.21. The first kappa shape index (κ1) is 16.3. The number of rotatable bonds is 7. The van der Waals surface area contributed by atoms with Gasteiger partial charge in [0.1, 0.15) is 11.6 Å². The molecule has 0 aromatic heterocycles. The third kappa shape index (κ3) is 5.42. The summed E-state index contributed by atoms with van der Waals surface area (Å²) in [4.78, 5) is 0. The van der Waals surface area contributed by atoms with Gasteiger partial charge < -0.3 is 5.32 Å². The van der Waals surface area contributed by atoms with Crippen LogP contribution < -0.4 is 10.0 Å². The molecule has 0 fully saturated rings. The van der Waals surface area contributed by atoms with Crippen LogP contribution >= 0.6 is 15.9 Å². The zero-order valence-corrected chi connectivity index (χ0v) is 12.7. The number of anilines is 1. The summed E-state index contributed by atoms with van der Waals surface area (Å²) in [7, 11) is -3.68. The number of nitrogens with one attached hydrogen (secondary N) is 2. The molecule has 0 saturated carbocycles. The Morgan fingerprint density at radius 3 is 2.58 bits per heavy atom. The second kappa shape index (κ2) is 7.16. The first-order valence-corrected chi connectivity index (χ1v) is 8.16. The summed E-state index contributed by atoms with van der Waals surface area (Å²) in [6.07, 6.45) is 0.393. The maximum absolute atomic E-state index is 13.5. The fourth-order valence-electron chi connectivity index (χ4n) is 1.38.